The van der Waals surface area contributed by atoms with Gasteiger partial charge in [0.05, 0.1) is 13.1 Å². The molecule has 0 fully saturated rings. The zero-order chi connectivity index (χ0) is 35.6. The SMILES string of the molecule is ClC(Cl)Cl.ClC(Cl)Cl.[O-2].[O-2].[O-]c1ccccc1C=NCCNCc1ccccc1[O-].[O-]c1ccccc1C=NCCNCc1ccccc1[O-].[Ti+4].[Ti+4]. The molecule has 0 aliphatic heterocycles. The second kappa shape index (κ2) is 36.4. The summed E-state index contributed by atoms with van der Waals surface area (Å²) < 4.78 is -1.50. The summed E-state index contributed by atoms with van der Waals surface area (Å²) >= 11 is 28.8. The molecule has 0 saturated heterocycles. The number of alkyl halides is 6. The average molecular weight is 903 g/mol. The number of nitrogens with zero attached hydrogens (tertiary/aromatic N) is 2. The summed E-state index contributed by atoms with van der Waals surface area (Å²) in [6.45, 7) is 3.52. The van der Waals surface area contributed by atoms with E-state index in [0.29, 0.717) is 50.4 Å². The molecule has 276 valence electrons. The largest absolute Gasteiger partial charge is 4.00 e. The van der Waals surface area contributed by atoms with E-state index in [2.05, 4.69) is 20.6 Å². The molecule has 4 rings (SSSR count). The summed E-state index contributed by atoms with van der Waals surface area (Å²) in [7, 11) is 0. The van der Waals surface area contributed by atoms with Gasteiger partial charge in [0, 0.05) is 38.6 Å². The summed E-state index contributed by atoms with van der Waals surface area (Å²) in [6.07, 6.45) is 3.18. The van der Waals surface area contributed by atoms with Crippen LogP contribution in [0.2, 0.25) is 0 Å². The van der Waals surface area contributed by atoms with Crippen LogP contribution >= 0.6 is 69.6 Å². The van der Waals surface area contributed by atoms with Gasteiger partial charge in [0.25, 0.3) is 0 Å². The van der Waals surface area contributed by atoms with Gasteiger partial charge >= 0.3 is 43.4 Å². The molecule has 0 bridgehead atoms. The maximum atomic E-state index is 11.5. The third kappa shape index (κ3) is 29.8. The van der Waals surface area contributed by atoms with E-state index in [9.17, 15) is 20.4 Å². The van der Waals surface area contributed by atoms with Gasteiger partial charge in [0.1, 0.15) is 0 Å². The fourth-order valence-electron chi connectivity index (χ4n) is 3.53. The van der Waals surface area contributed by atoms with Crippen LogP contribution in [0.3, 0.4) is 0 Å². The minimum absolute atomic E-state index is 0. The van der Waals surface area contributed by atoms with Crippen LogP contribution in [0.25, 0.3) is 0 Å². The van der Waals surface area contributed by atoms with E-state index in [4.69, 9.17) is 69.6 Å². The van der Waals surface area contributed by atoms with E-state index in [-0.39, 0.29) is 77.4 Å². The van der Waals surface area contributed by atoms with Crippen LogP contribution in [0.15, 0.2) is 107 Å². The molecule has 0 radical (unpaired) electrons. The third-order valence-electron chi connectivity index (χ3n) is 5.71. The molecule has 2 N–H and O–H groups in total. The number of hydrogen-bond donors (Lipinski definition) is 2. The predicted octanol–water partition coefficient (Wildman–Crippen LogP) is 5.82. The van der Waals surface area contributed by atoms with Gasteiger partial charge in [0.2, 0.25) is 0 Å². The summed E-state index contributed by atoms with van der Waals surface area (Å²) in [6, 6.07) is 27.5. The Morgan fingerprint density at radius 3 is 1.04 bits per heavy atom. The minimum atomic E-state index is -0.750. The van der Waals surface area contributed by atoms with Gasteiger partial charge in [-0.15, -0.1) is 23.0 Å². The summed E-state index contributed by atoms with van der Waals surface area (Å²) in [5, 5.41) is 52.1. The van der Waals surface area contributed by atoms with Crippen LogP contribution in [0.5, 0.6) is 23.0 Å². The molecule has 0 heterocycles. The first kappa shape index (κ1) is 57.2. The molecule has 0 atom stereocenters. The van der Waals surface area contributed by atoms with Crippen molar-refractivity contribution in [3.05, 3.63) is 119 Å². The molecular formula is C34H34Cl6N4O6Ti2. The third-order valence-corrected chi connectivity index (χ3v) is 5.71. The molecule has 10 nitrogen and oxygen atoms in total. The average Bonchev–Trinajstić information content (AvgIpc) is 3.03. The smallest absolute Gasteiger partial charge is 2.00 e. The van der Waals surface area contributed by atoms with Gasteiger partial charge < -0.3 is 42.0 Å². The van der Waals surface area contributed by atoms with Crippen LogP contribution in [0.1, 0.15) is 22.3 Å². The first-order chi connectivity index (χ1) is 23.0. The van der Waals surface area contributed by atoms with Gasteiger partial charge in [0.15, 0.2) is 8.59 Å². The number of hydrogen-bond acceptors (Lipinski definition) is 8. The van der Waals surface area contributed by atoms with Crippen LogP contribution in [-0.4, -0.2) is 47.2 Å². The second-order valence-electron chi connectivity index (χ2n) is 9.21. The van der Waals surface area contributed by atoms with Crippen LogP contribution < -0.4 is 31.1 Å². The molecule has 18 heteroatoms. The van der Waals surface area contributed by atoms with Crippen molar-refractivity contribution in [1.82, 2.24) is 10.6 Å². The molecular weight excluding hydrogens is 869 g/mol. The number of para-hydroxylation sites is 4. The Bertz CT molecular complexity index is 1400. The van der Waals surface area contributed by atoms with Crippen molar-refractivity contribution in [2.24, 2.45) is 9.98 Å². The van der Waals surface area contributed by atoms with E-state index >= 15 is 0 Å². The van der Waals surface area contributed by atoms with Gasteiger partial charge in [-0.3, -0.25) is 9.98 Å². The van der Waals surface area contributed by atoms with Crippen molar-refractivity contribution in [2.75, 3.05) is 26.2 Å². The van der Waals surface area contributed by atoms with Crippen LogP contribution in [-0.2, 0) is 67.5 Å². The van der Waals surface area contributed by atoms with Crippen LogP contribution in [0.4, 0.5) is 0 Å². The molecule has 0 amide bonds. The Hall–Kier alpha value is -1.57. The number of aliphatic imine (C=N–C) groups is 2. The molecule has 0 unspecified atom stereocenters. The first-order valence-electron chi connectivity index (χ1n) is 14.3. The van der Waals surface area contributed by atoms with Crippen molar-refractivity contribution < 1.29 is 74.8 Å². The number of rotatable bonds is 12. The molecule has 0 aliphatic rings. The Kier molecular flexibility index (Phi) is 40.0. The summed E-state index contributed by atoms with van der Waals surface area (Å²) in [5.41, 5.74) is 2.69. The van der Waals surface area contributed by atoms with E-state index in [0.717, 1.165) is 11.1 Å². The Balaban J connectivity index is -0.000000345. The van der Waals surface area contributed by atoms with Crippen molar-refractivity contribution in [2.45, 2.75) is 21.7 Å². The fraction of sp³-hybridized carbons (Fsp3) is 0.235. The molecule has 0 aromatic heterocycles. The van der Waals surface area contributed by atoms with Crippen molar-refractivity contribution >= 4 is 82.0 Å². The minimum Gasteiger partial charge on any atom is -2.00 e. The molecule has 0 saturated carbocycles. The topological polar surface area (TPSA) is 198 Å². The van der Waals surface area contributed by atoms with Gasteiger partial charge in [-0.2, -0.15) is 0 Å². The van der Waals surface area contributed by atoms with Gasteiger partial charge in [-0.05, 0) is 22.3 Å². The van der Waals surface area contributed by atoms with E-state index in [1.54, 1.807) is 61.0 Å². The standard InChI is InChI=1S/2C16H18N2O2.2CHCl3.2O.2Ti/c2*19-15-7-3-1-5-13(15)11-17-9-10-18-12-14-6-2-4-8-16(14)20;2*2-1(3)4;;;;/h2*1-8,11,18-20H,9-10,12H2;2*1H;;;;/q;;;;2*-2;2*+4/p-4. The Morgan fingerprint density at radius 1 is 0.481 bits per heavy atom. The van der Waals surface area contributed by atoms with E-state index in [1.807, 2.05) is 36.4 Å². The molecule has 52 heavy (non-hydrogen) atoms. The zero-order valence-corrected chi connectivity index (χ0v) is 35.1. The van der Waals surface area contributed by atoms with Crippen molar-refractivity contribution in [3.8, 4) is 23.0 Å². The molecule has 4 aromatic rings. The number of nitrogens with one attached hydrogen (secondary N) is 2. The molecule has 0 aliphatic carbocycles. The van der Waals surface area contributed by atoms with Crippen LogP contribution in [0, 0.1) is 0 Å². The number of halogens is 6. The zero-order valence-electron chi connectivity index (χ0n) is 27.4. The Labute approximate surface area is 364 Å². The van der Waals surface area contributed by atoms with E-state index < -0.39 is 8.59 Å². The molecule has 0 spiro atoms. The first-order valence-corrected chi connectivity index (χ1v) is 16.9. The van der Waals surface area contributed by atoms with Crippen molar-refractivity contribution in [1.29, 1.82) is 0 Å². The molecule has 4 aromatic carbocycles. The summed E-state index contributed by atoms with van der Waals surface area (Å²) in [4.78, 5) is 8.38. The second-order valence-corrected chi connectivity index (χ2v) is 13.2. The predicted molar refractivity (Wildman–Crippen MR) is 196 cm³/mol. The normalized spacial score (nSPS) is 9.85. The fourth-order valence-corrected chi connectivity index (χ4v) is 3.53. The van der Waals surface area contributed by atoms with Crippen molar-refractivity contribution in [3.63, 3.8) is 0 Å². The summed E-state index contributed by atoms with van der Waals surface area (Å²) in [5.74, 6) is 0.0431. The Morgan fingerprint density at radius 2 is 0.750 bits per heavy atom. The van der Waals surface area contributed by atoms with Gasteiger partial charge in [-0.1, -0.05) is 167 Å². The van der Waals surface area contributed by atoms with E-state index in [1.165, 1.54) is 12.1 Å². The maximum absolute atomic E-state index is 11.5. The van der Waals surface area contributed by atoms with Gasteiger partial charge in [-0.25, -0.2) is 0 Å². The monoisotopic (exact) mass is 900 g/mol. The maximum Gasteiger partial charge on any atom is 4.00 e. The number of benzene rings is 4. The quantitative estimate of drug-likeness (QED) is 0.0778.